The Morgan fingerprint density at radius 1 is 1.47 bits per heavy atom. The number of hydrogen-bond acceptors (Lipinski definition) is 3. The molecule has 2 N–H and O–H groups in total. The number of nitrogens with zero attached hydrogens (tertiary/aromatic N) is 1. The third-order valence-corrected chi connectivity index (χ3v) is 4.39. The van der Waals surface area contributed by atoms with Gasteiger partial charge in [-0.1, -0.05) is 0 Å². The number of rotatable bonds is 3. The molecule has 3 unspecified atom stereocenters. The first-order valence-electron chi connectivity index (χ1n) is 6.48. The molecule has 2 rings (SSSR count). The summed E-state index contributed by atoms with van der Waals surface area (Å²) in [7, 11) is 0. The molecule has 2 heterocycles. The SMILES string of the molecule is CC(N)C(c1ccsc1)N1CCCC(C(F)(F)F)C1. The molecule has 0 amide bonds. The Labute approximate surface area is 115 Å². The monoisotopic (exact) mass is 292 g/mol. The Morgan fingerprint density at radius 3 is 2.74 bits per heavy atom. The van der Waals surface area contributed by atoms with Gasteiger partial charge in [0.25, 0.3) is 0 Å². The fourth-order valence-electron chi connectivity index (χ4n) is 2.82. The Morgan fingerprint density at radius 2 is 2.21 bits per heavy atom. The summed E-state index contributed by atoms with van der Waals surface area (Å²) in [6, 6.07) is 1.66. The first-order chi connectivity index (χ1) is 8.89. The maximum atomic E-state index is 12.9. The van der Waals surface area contributed by atoms with Crippen LogP contribution in [0.3, 0.4) is 0 Å². The van der Waals surface area contributed by atoms with E-state index in [0.29, 0.717) is 13.0 Å². The van der Waals surface area contributed by atoms with Crippen LogP contribution < -0.4 is 5.73 Å². The van der Waals surface area contributed by atoms with Crippen molar-refractivity contribution in [1.82, 2.24) is 4.90 Å². The van der Waals surface area contributed by atoms with Crippen LogP contribution in [-0.4, -0.2) is 30.2 Å². The van der Waals surface area contributed by atoms with Crippen LogP contribution in [-0.2, 0) is 0 Å². The predicted octanol–water partition coefficient (Wildman–Crippen LogP) is 3.41. The van der Waals surface area contributed by atoms with Gasteiger partial charge in [-0.3, -0.25) is 4.90 Å². The molecule has 6 heteroatoms. The lowest BCUT2D eigenvalue weighted by Crippen LogP contribution is -2.47. The van der Waals surface area contributed by atoms with Crippen LogP contribution in [0.25, 0.3) is 0 Å². The van der Waals surface area contributed by atoms with Crippen LogP contribution in [0.1, 0.15) is 31.4 Å². The van der Waals surface area contributed by atoms with E-state index in [-0.39, 0.29) is 25.0 Å². The summed E-state index contributed by atoms with van der Waals surface area (Å²) >= 11 is 1.55. The van der Waals surface area contributed by atoms with Gasteiger partial charge >= 0.3 is 6.18 Å². The van der Waals surface area contributed by atoms with E-state index in [9.17, 15) is 13.2 Å². The summed E-state index contributed by atoms with van der Waals surface area (Å²) < 4.78 is 38.6. The highest BCUT2D eigenvalue weighted by molar-refractivity contribution is 7.07. The molecule has 0 spiro atoms. The molecule has 0 aliphatic carbocycles. The van der Waals surface area contributed by atoms with Gasteiger partial charge in [-0.2, -0.15) is 24.5 Å². The van der Waals surface area contributed by atoms with Crippen LogP contribution >= 0.6 is 11.3 Å². The zero-order chi connectivity index (χ0) is 14.0. The standard InChI is InChI=1S/C13H19F3N2S/c1-9(17)12(10-4-6-19-8-10)18-5-2-3-11(7-18)13(14,15)16/h4,6,8-9,11-12H,2-3,5,7,17H2,1H3. The number of hydrogen-bond donors (Lipinski definition) is 1. The van der Waals surface area contributed by atoms with Crippen LogP contribution in [0.5, 0.6) is 0 Å². The first kappa shape index (κ1) is 14.8. The Bertz CT molecular complexity index is 389. The molecule has 1 aromatic rings. The Kier molecular flexibility index (Phi) is 4.53. The van der Waals surface area contributed by atoms with Gasteiger partial charge in [-0.15, -0.1) is 0 Å². The topological polar surface area (TPSA) is 29.3 Å². The van der Waals surface area contributed by atoms with Crippen LogP contribution in [0.15, 0.2) is 16.8 Å². The zero-order valence-electron chi connectivity index (χ0n) is 10.9. The molecule has 2 nitrogen and oxygen atoms in total. The average Bonchev–Trinajstić information content (AvgIpc) is 2.81. The second-order valence-electron chi connectivity index (χ2n) is 5.24. The average molecular weight is 292 g/mol. The number of piperidine rings is 1. The molecule has 1 aliphatic heterocycles. The van der Waals surface area contributed by atoms with Gasteiger partial charge in [-0.25, -0.2) is 0 Å². The van der Waals surface area contributed by atoms with E-state index in [0.717, 1.165) is 5.56 Å². The van der Waals surface area contributed by atoms with E-state index < -0.39 is 12.1 Å². The number of thiophene rings is 1. The second-order valence-corrected chi connectivity index (χ2v) is 6.02. The van der Waals surface area contributed by atoms with Gasteiger partial charge in [0.15, 0.2) is 0 Å². The van der Waals surface area contributed by atoms with Crippen molar-refractivity contribution in [1.29, 1.82) is 0 Å². The Hall–Kier alpha value is -0.590. The highest BCUT2D eigenvalue weighted by Crippen LogP contribution is 2.37. The molecule has 1 fully saturated rings. The fourth-order valence-corrected chi connectivity index (χ4v) is 3.51. The summed E-state index contributed by atoms with van der Waals surface area (Å²) in [5.41, 5.74) is 7.03. The molecule has 3 atom stereocenters. The maximum Gasteiger partial charge on any atom is 0.393 e. The minimum atomic E-state index is -4.10. The summed E-state index contributed by atoms with van der Waals surface area (Å²) in [4.78, 5) is 1.90. The van der Waals surface area contributed by atoms with E-state index in [1.165, 1.54) is 0 Å². The third-order valence-electron chi connectivity index (χ3n) is 3.69. The number of halogens is 3. The van der Waals surface area contributed by atoms with E-state index in [1.807, 2.05) is 28.7 Å². The lowest BCUT2D eigenvalue weighted by atomic mass is 9.93. The zero-order valence-corrected chi connectivity index (χ0v) is 11.7. The van der Waals surface area contributed by atoms with Crippen molar-refractivity contribution in [3.8, 4) is 0 Å². The van der Waals surface area contributed by atoms with E-state index in [1.54, 1.807) is 11.3 Å². The van der Waals surface area contributed by atoms with Gasteiger partial charge in [0.2, 0.25) is 0 Å². The maximum absolute atomic E-state index is 12.9. The molecule has 108 valence electrons. The summed E-state index contributed by atoms with van der Waals surface area (Å²) in [6.45, 7) is 2.61. The molecule has 0 radical (unpaired) electrons. The smallest absolute Gasteiger partial charge is 0.326 e. The lowest BCUT2D eigenvalue weighted by Gasteiger charge is -2.40. The summed E-state index contributed by atoms with van der Waals surface area (Å²) in [5.74, 6) is -1.22. The van der Waals surface area contributed by atoms with E-state index >= 15 is 0 Å². The van der Waals surface area contributed by atoms with Crippen molar-refractivity contribution in [3.63, 3.8) is 0 Å². The Balaban J connectivity index is 2.14. The molecule has 19 heavy (non-hydrogen) atoms. The minimum Gasteiger partial charge on any atom is -0.326 e. The van der Waals surface area contributed by atoms with Crippen molar-refractivity contribution >= 4 is 11.3 Å². The molecular formula is C13H19F3N2S. The first-order valence-corrected chi connectivity index (χ1v) is 7.42. The summed E-state index contributed by atoms with van der Waals surface area (Å²) in [6.07, 6.45) is -3.29. The van der Waals surface area contributed by atoms with Crippen molar-refractivity contribution in [3.05, 3.63) is 22.4 Å². The van der Waals surface area contributed by atoms with Crippen LogP contribution in [0.4, 0.5) is 13.2 Å². The lowest BCUT2D eigenvalue weighted by molar-refractivity contribution is -0.189. The normalized spacial score (nSPS) is 25.2. The van der Waals surface area contributed by atoms with Crippen molar-refractivity contribution < 1.29 is 13.2 Å². The highest BCUT2D eigenvalue weighted by atomic mass is 32.1. The largest absolute Gasteiger partial charge is 0.393 e. The third kappa shape index (κ3) is 3.49. The van der Waals surface area contributed by atoms with Crippen molar-refractivity contribution in [2.24, 2.45) is 11.7 Å². The van der Waals surface area contributed by atoms with Gasteiger partial charge in [0.05, 0.1) is 12.0 Å². The second kappa shape index (κ2) is 5.81. The van der Waals surface area contributed by atoms with Gasteiger partial charge in [0, 0.05) is 12.6 Å². The number of nitrogens with two attached hydrogens (primary N) is 1. The van der Waals surface area contributed by atoms with E-state index in [2.05, 4.69) is 0 Å². The quantitative estimate of drug-likeness (QED) is 0.925. The number of likely N-dealkylation sites (tertiary alicyclic amines) is 1. The minimum absolute atomic E-state index is 0.0611. The predicted molar refractivity (Wildman–Crippen MR) is 71.1 cm³/mol. The van der Waals surface area contributed by atoms with E-state index in [4.69, 9.17) is 5.73 Å². The molecule has 0 bridgehead atoms. The van der Waals surface area contributed by atoms with Crippen LogP contribution in [0.2, 0.25) is 0 Å². The molecule has 1 aromatic heterocycles. The molecular weight excluding hydrogens is 273 g/mol. The van der Waals surface area contributed by atoms with Gasteiger partial charge in [-0.05, 0) is 48.7 Å². The summed E-state index contributed by atoms with van der Waals surface area (Å²) in [5, 5.41) is 3.92. The van der Waals surface area contributed by atoms with Crippen LogP contribution in [0, 0.1) is 5.92 Å². The molecule has 0 aromatic carbocycles. The highest BCUT2D eigenvalue weighted by Gasteiger charge is 2.43. The van der Waals surface area contributed by atoms with Crippen molar-refractivity contribution in [2.75, 3.05) is 13.1 Å². The van der Waals surface area contributed by atoms with Gasteiger partial charge in [0.1, 0.15) is 0 Å². The number of alkyl halides is 3. The molecule has 0 saturated carbocycles. The van der Waals surface area contributed by atoms with Gasteiger partial charge < -0.3 is 5.73 Å². The molecule has 1 saturated heterocycles. The fraction of sp³-hybridized carbons (Fsp3) is 0.692. The van der Waals surface area contributed by atoms with Crippen molar-refractivity contribution in [2.45, 2.75) is 38.0 Å². The molecule has 1 aliphatic rings.